The summed E-state index contributed by atoms with van der Waals surface area (Å²) in [5, 5.41) is 35.1. The topological polar surface area (TPSA) is 95.2 Å². The molecule has 82 valence electrons. The van der Waals surface area contributed by atoms with Crippen molar-refractivity contribution in [3.63, 3.8) is 0 Å². The molecule has 0 rings (SSSR count). The summed E-state index contributed by atoms with van der Waals surface area (Å²) in [7, 11) is 0. The zero-order valence-corrected chi connectivity index (χ0v) is 9.40. The third-order valence-corrected chi connectivity index (χ3v) is 2.69. The highest BCUT2D eigenvalue weighted by Gasteiger charge is 2.36. The number of hydrogen-bond acceptors (Lipinski definition) is 4. The molecule has 0 radical (unpaired) electrons. The first-order chi connectivity index (χ1) is 7.66. The molecule has 16 heavy (non-hydrogen) atoms. The second kappa shape index (κ2) is 7.28. The van der Waals surface area contributed by atoms with Crippen molar-refractivity contribution < 1.29 is 0 Å². The lowest BCUT2D eigenvalue weighted by Crippen LogP contribution is -2.24. The fourth-order valence-corrected chi connectivity index (χ4v) is 1.44. The molecule has 0 bridgehead atoms. The molecule has 4 nitrogen and oxygen atoms in total. The van der Waals surface area contributed by atoms with E-state index in [4.69, 9.17) is 21.0 Å². The number of rotatable bonds is 6. The summed E-state index contributed by atoms with van der Waals surface area (Å²) in [4.78, 5) is 0. The maximum absolute atomic E-state index is 9.00. The molecule has 0 heterocycles. The van der Waals surface area contributed by atoms with Crippen LogP contribution in [-0.2, 0) is 0 Å². The van der Waals surface area contributed by atoms with E-state index in [2.05, 4.69) is 0 Å². The fraction of sp³-hybridized carbons (Fsp3) is 0.667. The number of nitrogens with zero attached hydrogens (tertiary/aromatic N) is 4. The standard InChI is InChI=1S/C12H14N4/c1-11(8-14)12(9-15,10-16)6-4-2-3-5-7-13/h11H,2-6H2,1H3. The highest BCUT2D eigenvalue weighted by atomic mass is 14.4. The number of nitriles is 4. The maximum Gasteiger partial charge on any atom is 0.159 e. The van der Waals surface area contributed by atoms with Crippen LogP contribution in [0.2, 0.25) is 0 Å². The SMILES string of the molecule is CC(C#N)C(C#N)(C#N)CCCCCC#N. The van der Waals surface area contributed by atoms with Gasteiger partial charge in [0.25, 0.3) is 0 Å². The average Bonchev–Trinajstić information content (AvgIpc) is 2.33. The zero-order valence-electron chi connectivity index (χ0n) is 9.40. The van der Waals surface area contributed by atoms with E-state index in [0.29, 0.717) is 19.3 Å². The molecule has 0 saturated heterocycles. The summed E-state index contributed by atoms with van der Waals surface area (Å²) in [6.45, 7) is 1.60. The smallest absolute Gasteiger partial charge is 0.159 e. The minimum Gasteiger partial charge on any atom is -0.198 e. The van der Waals surface area contributed by atoms with Crippen molar-refractivity contribution in [2.45, 2.75) is 39.0 Å². The van der Waals surface area contributed by atoms with Gasteiger partial charge in [-0.05, 0) is 19.8 Å². The Kier molecular flexibility index (Phi) is 6.35. The Morgan fingerprint density at radius 3 is 2.06 bits per heavy atom. The van der Waals surface area contributed by atoms with Gasteiger partial charge >= 0.3 is 0 Å². The van der Waals surface area contributed by atoms with Gasteiger partial charge in [0.05, 0.1) is 30.2 Å². The molecule has 4 heteroatoms. The van der Waals surface area contributed by atoms with Crippen LogP contribution in [0.15, 0.2) is 0 Å². The summed E-state index contributed by atoms with van der Waals surface area (Å²) in [6.07, 6.45) is 3.20. The van der Waals surface area contributed by atoms with Crippen LogP contribution >= 0.6 is 0 Å². The summed E-state index contributed by atoms with van der Waals surface area (Å²) in [5.41, 5.74) is -1.19. The van der Waals surface area contributed by atoms with E-state index < -0.39 is 11.3 Å². The molecule has 0 aromatic rings. The van der Waals surface area contributed by atoms with Crippen LogP contribution in [0.5, 0.6) is 0 Å². The van der Waals surface area contributed by atoms with E-state index in [1.165, 1.54) is 0 Å². The van der Waals surface area contributed by atoms with Crippen molar-refractivity contribution in [2.24, 2.45) is 11.3 Å². The maximum atomic E-state index is 9.00. The minimum atomic E-state index is -1.19. The van der Waals surface area contributed by atoms with Crippen molar-refractivity contribution in [3.8, 4) is 24.3 Å². The lowest BCUT2D eigenvalue weighted by atomic mass is 9.75. The molecule has 0 aromatic carbocycles. The Bertz CT molecular complexity index is 358. The van der Waals surface area contributed by atoms with E-state index >= 15 is 0 Å². The van der Waals surface area contributed by atoms with Crippen LogP contribution < -0.4 is 0 Å². The van der Waals surface area contributed by atoms with Crippen LogP contribution in [0.3, 0.4) is 0 Å². The van der Waals surface area contributed by atoms with E-state index in [1.54, 1.807) is 6.92 Å². The van der Waals surface area contributed by atoms with Gasteiger partial charge in [-0.15, -0.1) is 0 Å². The molecule has 0 spiro atoms. The normalized spacial score (nSPS) is 11.6. The minimum absolute atomic E-state index is 0.403. The molecular weight excluding hydrogens is 200 g/mol. The van der Waals surface area contributed by atoms with Gasteiger partial charge in [0.15, 0.2) is 5.41 Å². The van der Waals surface area contributed by atoms with Gasteiger partial charge in [-0.3, -0.25) is 0 Å². The molecule has 1 unspecified atom stereocenters. The van der Waals surface area contributed by atoms with Gasteiger partial charge in [-0.25, -0.2) is 0 Å². The van der Waals surface area contributed by atoms with Gasteiger partial charge in [0.1, 0.15) is 0 Å². The summed E-state index contributed by atoms with van der Waals surface area (Å²) < 4.78 is 0. The van der Waals surface area contributed by atoms with Crippen molar-refractivity contribution in [3.05, 3.63) is 0 Å². The van der Waals surface area contributed by atoms with Crippen LogP contribution in [0.25, 0.3) is 0 Å². The largest absolute Gasteiger partial charge is 0.198 e. The zero-order chi connectivity index (χ0) is 12.4. The summed E-state index contributed by atoms with van der Waals surface area (Å²) >= 11 is 0. The first kappa shape index (κ1) is 14.0. The second-order valence-electron chi connectivity index (χ2n) is 3.76. The first-order valence-corrected chi connectivity index (χ1v) is 5.26. The van der Waals surface area contributed by atoms with Crippen molar-refractivity contribution in [2.75, 3.05) is 0 Å². The van der Waals surface area contributed by atoms with Crippen LogP contribution in [0.1, 0.15) is 39.0 Å². The molecule has 0 aromatic heterocycles. The summed E-state index contributed by atoms with van der Waals surface area (Å²) in [5.74, 6) is -0.585. The van der Waals surface area contributed by atoms with Crippen LogP contribution in [-0.4, -0.2) is 0 Å². The number of hydrogen-bond donors (Lipinski definition) is 0. The van der Waals surface area contributed by atoms with Gasteiger partial charge < -0.3 is 0 Å². The molecule has 0 aliphatic rings. The molecule has 0 aliphatic heterocycles. The molecule has 0 amide bonds. The van der Waals surface area contributed by atoms with E-state index in [0.717, 1.165) is 12.8 Å². The Labute approximate surface area is 96.3 Å². The lowest BCUT2D eigenvalue weighted by molar-refractivity contribution is 0.367. The van der Waals surface area contributed by atoms with Gasteiger partial charge in [-0.2, -0.15) is 21.0 Å². The summed E-state index contributed by atoms with van der Waals surface area (Å²) in [6, 6.07) is 7.92. The molecule has 0 aliphatic carbocycles. The predicted molar refractivity (Wildman–Crippen MR) is 57.1 cm³/mol. The third-order valence-electron chi connectivity index (χ3n) is 2.69. The highest BCUT2D eigenvalue weighted by molar-refractivity contribution is 5.19. The fourth-order valence-electron chi connectivity index (χ4n) is 1.44. The Balaban J connectivity index is 4.29. The molecular formula is C12H14N4. The Morgan fingerprint density at radius 2 is 1.62 bits per heavy atom. The van der Waals surface area contributed by atoms with Crippen molar-refractivity contribution >= 4 is 0 Å². The van der Waals surface area contributed by atoms with Crippen molar-refractivity contribution in [1.82, 2.24) is 0 Å². The highest BCUT2D eigenvalue weighted by Crippen LogP contribution is 2.32. The van der Waals surface area contributed by atoms with Gasteiger partial charge in [-0.1, -0.05) is 12.8 Å². The molecule has 0 fully saturated rings. The van der Waals surface area contributed by atoms with Gasteiger partial charge in [0.2, 0.25) is 0 Å². The molecule has 1 atom stereocenters. The van der Waals surface area contributed by atoms with E-state index in [-0.39, 0.29) is 0 Å². The third kappa shape index (κ3) is 3.61. The van der Waals surface area contributed by atoms with Crippen LogP contribution in [0, 0.1) is 56.7 Å². The van der Waals surface area contributed by atoms with E-state index in [1.807, 2.05) is 24.3 Å². The van der Waals surface area contributed by atoms with E-state index in [9.17, 15) is 0 Å². The molecule has 0 N–H and O–H groups in total. The van der Waals surface area contributed by atoms with Crippen molar-refractivity contribution in [1.29, 1.82) is 21.0 Å². The lowest BCUT2D eigenvalue weighted by Gasteiger charge is -2.20. The number of unbranched alkanes of at least 4 members (excludes halogenated alkanes) is 3. The molecule has 0 saturated carbocycles. The predicted octanol–water partition coefficient (Wildman–Crippen LogP) is 2.65. The quantitative estimate of drug-likeness (QED) is 0.635. The second-order valence-corrected chi connectivity index (χ2v) is 3.76. The van der Waals surface area contributed by atoms with Crippen LogP contribution in [0.4, 0.5) is 0 Å². The first-order valence-electron chi connectivity index (χ1n) is 5.26. The monoisotopic (exact) mass is 214 g/mol. The Hall–Kier alpha value is -2.04. The van der Waals surface area contributed by atoms with Gasteiger partial charge in [0, 0.05) is 6.42 Å². The average molecular weight is 214 g/mol. The Morgan fingerprint density at radius 1 is 1.00 bits per heavy atom.